The summed E-state index contributed by atoms with van der Waals surface area (Å²) in [5.41, 5.74) is 9.72. The minimum Gasteiger partial charge on any atom is -0.389 e. The normalized spacial score (nSPS) is 41.0. The van der Waals surface area contributed by atoms with Gasteiger partial charge in [-0.15, -0.1) is 0 Å². The van der Waals surface area contributed by atoms with Gasteiger partial charge in [0.2, 0.25) is 0 Å². The smallest absolute Gasteiger partial charge is 0.155 e. The van der Waals surface area contributed by atoms with E-state index in [2.05, 4.69) is 94.2 Å². The molecule has 1 N–H and O–H groups in total. The molecule has 2 nitrogen and oxygen atoms in total. The zero-order chi connectivity index (χ0) is 34.9. The van der Waals surface area contributed by atoms with Crippen molar-refractivity contribution in [2.75, 3.05) is 0 Å². The average Bonchev–Trinajstić information content (AvgIpc) is 2.99. The molecule has 47 heavy (non-hydrogen) atoms. The molecule has 10 atom stereocenters. The molecule has 0 heterocycles. The molecule has 3 fully saturated rings. The zero-order valence-electron chi connectivity index (χ0n) is 31.9. The zero-order valence-corrected chi connectivity index (χ0v) is 31.9. The van der Waals surface area contributed by atoms with Gasteiger partial charge in [-0.1, -0.05) is 107 Å². The topological polar surface area (TPSA) is 37.3 Å². The summed E-state index contributed by atoms with van der Waals surface area (Å²) in [4.78, 5) is 11.6. The number of hydrogen-bond donors (Lipinski definition) is 1. The Balaban J connectivity index is 0.000000160. The Bertz CT molecular complexity index is 1310. The van der Waals surface area contributed by atoms with Gasteiger partial charge in [-0.05, 0) is 156 Å². The fourth-order valence-corrected chi connectivity index (χ4v) is 10.3. The third kappa shape index (κ3) is 8.11. The molecule has 0 aliphatic heterocycles. The van der Waals surface area contributed by atoms with Crippen molar-refractivity contribution in [3.05, 3.63) is 71.4 Å². The lowest BCUT2D eigenvalue weighted by Gasteiger charge is -2.48. The predicted molar refractivity (Wildman–Crippen MR) is 202 cm³/mol. The van der Waals surface area contributed by atoms with E-state index < -0.39 is 0 Å². The maximum Gasteiger partial charge on any atom is 0.155 e. The van der Waals surface area contributed by atoms with Crippen LogP contribution in [0, 0.1) is 51.8 Å². The third-order valence-corrected chi connectivity index (χ3v) is 14.7. The van der Waals surface area contributed by atoms with Gasteiger partial charge in [0.15, 0.2) is 5.78 Å². The molecule has 6 aliphatic rings. The SMILES string of the molecule is C=C(C)[C@@H]1CCC2=CC(=O)C[C@@H](C)[C@]2(C)C1.C=C(C)[C@@H]1CCC2=CC(O)C[C@@H](C)[C@]2(C)C1.C=C(C)[C@@H]1CCC2=CCC[C@@H](C)[C@]2(C)C1. The van der Waals surface area contributed by atoms with Crippen molar-refractivity contribution >= 4 is 5.78 Å². The molecule has 0 radical (unpaired) electrons. The molecule has 0 aromatic heterocycles. The van der Waals surface area contributed by atoms with Gasteiger partial charge in [0.05, 0.1) is 6.10 Å². The fourth-order valence-electron chi connectivity index (χ4n) is 10.3. The minimum atomic E-state index is -0.209. The number of carbonyl (C=O) groups is 1. The first-order chi connectivity index (χ1) is 21.9. The number of fused-ring (bicyclic) bond motifs is 3. The Morgan fingerprint density at radius 2 is 1.13 bits per heavy atom. The highest BCUT2D eigenvalue weighted by molar-refractivity contribution is 5.92. The molecule has 0 saturated heterocycles. The van der Waals surface area contributed by atoms with Crippen molar-refractivity contribution in [3.63, 3.8) is 0 Å². The highest BCUT2D eigenvalue weighted by atomic mass is 16.3. The van der Waals surface area contributed by atoms with Gasteiger partial charge in [-0.3, -0.25) is 4.79 Å². The lowest BCUT2D eigenvalue weighted by molar-refractivity contribution is -0.117. The summed E-state index contributed by atoms with van der Waals surface area (Å²) in [6.07, 6.45) is 21.7. The van der Waals surface area contributed by atoms with Gasteiger partial charge in [0, 0.05) is 6.42 Å². The van der Waals surface area contributed by atoms with Gasteiger partial charge >= 0.3 is 0 Å². The second kappa shape index (κ2) is 14.9. The van der Waals surface area contributed by atoms with Gasteiger partial charge in [0.1, 0.15) is 0 Å². The quantitative estimate of drug-likeness (QED) is 0.311. The number of ketones is 1. The van der Waals surface area contributed by atoms with Crippen molar-refractivity contribution in [3.8, 4) is 0 Å². The Labute approximate surface area is 290 Å². The summed E-state index contributed by atoms with van der Waals surface area (Å²) in [5.74, 6) is 4.37. The Morgan fingerprint density at radius 3 is 1.64 bits per heavy atom. The first kappa shape index (κ1) is 37.9. The molecule has 0 aromatic carbocycles. The number of rotatable bonds is 3. The summed E-state index contributed by atoms with van der Waals surface area (Å²) in [7, 11) is 0. The molecular weight excluding hydrogens is 572 g/mol. The minimum absolute atomic E-state index is 0.209. The van der Waals surface area contributed by atoms with Crippen LogP contribution in [0.5, 0.6) is 0 Å². The summed E-state index contributed by atoms with van der Waals surface area (Å²) >= 11 is 0. The molecular formula is C45H70O2. The van der Waals surface area contributed by atoms with Crippen LogP contribution in [-0.4, -0.2) is 17.0 Å². The van der Waals surface area contributed by atoms with Crippen LogP contribution in [0.4, 0.5) is 0 Å². The summed E-state index contributed by atoms with van der Waals surface area (Å²) in [6, 6.07) is 0. The van der Waals surface area contributed by atoms with E-state index >= 15 is 0 Å². The van der Waals surface area contributed by atoms with Crippen LogP contribution in [0.3, 0.4) is 0 Å². The molecule has 262 valence electrons. The van der Waals surface area contributed by atoms with E-state index in [0.29, 0.717) is 40.3 Å². The van der Waals surface area contributed by atoms with Crippen LogP contribution in [0.2, 0.25) is 0 Å². The lowest BCUT2D eigenvalue weighted by Crippen LogP contribution is -2.39. The van der Waals surface area contributed by atoms with Crippen molar-refractivity contribution in [2.24, 2.45) is 51.8 Å². The lowest BCUT2D eigenvalue weighted by atomic mass is 9.57. The van der Waals surface area contributed by atoms with Crippen LogP contribution in [0.15, 0.2) is 71.4 Å². The van der Waals surface area contributed by atoms with Crippen molar-refractivity contribution in [1.29, 1.82) is 0 Å². The second-order valence-corrected chi connectivity index (χ2v) is 18.0. The second-order valence-electron chi connectivity index (χ2n) is 18.0. The molecule has 1 unspecified atom stereocenters. The molecule has 0 amide bonds. The van der Waals surface area contributed by atoms with E-state index in [1.807, 2.05) is 6.08 Å². The van der Waals surface area contributed by atoms with Gasteiger partial charge in [-0.25, -0.2) is 0 Å². The summed E-state index contributed by atoms with van der Waals surface area (Å²) in [5, 5.41) is 9.81. The van der Waals surface area contributed by atoms with Crippen LogP contribution < -0.4 is 0 Å². The molecule has 2 heteroatoms. The predicted octanol–water partition coefficient (Wildman–Crippen LogP) is 12.3. The maximum absolute atomic E-state index is 11.6. The molecule has 0 spiro atoms. The van der Waals surface area contributed by atoms with Crippen molar-refractivity contribution < 1.29 is 9.90 Å². The highest BCUT2D eigenvalue weighted by Crippen LogP contribution is 2.55. The number of carbonyl (C=O) groups excluding carboxylic acids is 1. The molecule has 0 bridgehead atoms. The van der Waals surface area contributed by atoms with E-state index in [0.717, 1.165) is 37.5 Å². The van der Waals surface area contributed by atoms with E-state index in [1.165, 1.54) is 85.7 Å². The van der Waals surface area contributed by atoms with E-state index in [4.69, 9.17) is 0 Å². The van der Waals surface area contributed by atoms with Crippen LogP contribution in [0.25, 0.3) is 0 Å². The fraction of sp³-hybridized carbons (Fsp3) is 0.711. The van der Waals surface area contributed by atoms with Gasteiger partial charge in [0.25, 0.3) is 0 Å². The van der Waals surface area contributed by atoms with E-state index in [1.54, 1.807) is 5.57 Å². The number of aliphatic hydroxyl groups is 1. The largest absolute Gasteiger partial charge is 0.389 e. The first-order valence-electron chi connectivity index (χ1n) is 19.2. The number of hydrogen-bond acceptors (Lipinski definition) is 2. The first-order valence-corrected chi connectivity index (χ1v) is 19.2. The van der Waals surface area contributed by atoms with E-state index in [9.17, 15) is 9.90 Å². The average molecular weight is 643 g/mol. The van der Waals surface area contributed by atoms with Crippen molar-refractivity contribution in [2.45, 2.75) is 152 Å². The molecule has 6 aliphatic carbocycles. The van der Waals surface area contributed by atoms with Crippen LogP contribution >= 0.6 is 0 Å². The Morgan fingerprint density at radius 1 is 0.681 bits per heavy atom. The third-order valence-electron chi connectivity index (χ3n) is 14.7. The van der Waals surface area contributed by atoms with Gasteiger partial charge in [-0.2, -0.15) is 0 Å². The molecule has 6 rings (SSSR count). The van der Waals surface area contributed by atoms with Crippen LogP contribution in [0.1, 0.15) is 146 Å². The Kier molecular flexibility index (Phi) is 12.0. The molecule has 3 saturated carbocycles. The monoisotopic (exact) mass is 643 g/mol. The maximum atomic E-state index is 11.6. The Hall–Kier alpha value is -1.93. The molecule has 0 aromatic rings. The number of aliphatic hydroxyl groups excluding tert-OH is 1. The van der Waals surface area contributed by atoms with Crippen molar-refractivity contribution in [1.82, 2.24) is 0 Å². The van der Waals surface area contributed by atoms with Gasteiger partial charge < -0.3 is 5.11 Å². The van der Waals surface area contributed by atoms with E-state index in [-0.39, 0.29) is 11.5 Å². The number of allylic oxidation sites excluding steroid dienone is 8. The standard InChI is InChI=1S/C15H24O.C15H22O.C15H24/c2*1-10(2)12-5-6-13-8-14(16)7-11(3)15(13,4)9-12;1-11(2)13-8-9-14-7-5-6-12(3)15(14,4)10-13/h8,11-12,14,16H,1,5-7,9H2,2-4H3;8,11-12H,1,5-7,9H2,2-4H3;7,12-13H,1,5-6,8-10H2,2-4H3/t11-,12-,14?,15+;11-,12-,15+;12-,13-,15+/m111/s1. The summed E-state index contributed by atoms with van der Waals surface area (Å²) in [6.45, 7) is 33.0. The van der Waals surface area contributed by atoms with Crippen LogP contribution in [-0.2, 0) is 4.79 Å². The summed E-state index contributed by atoms with van der Waals surface area (Å²) < 4.78 is 0. The highest BCUT2D eigenvalue weighted by Gasteiger charge is 2.45.